The van der Waals surface area contributed by atoms with E-state index < -0.39 is 0 Å². The molecule has 0 aliphatic carbocycles. The molecule has 0 saturated heterocycles. The van der Waals surface area contributed by atoms with Crippen LogP contribution in [0.15, 0.2) is 29.6 Å². The van der Waals surface area contributed by atoms with Crippen LogP contribution in [0, 0.1) is 6.92 Å². The Kier molecular flexibility index (Phi) is 3.80. The smallest absolute Gasteiger partial charge is 0.227 e. The molecular weight excluding hydrogens is 224 g/mol. The van der Waals surface area contributed by atoms with E-state index in [-0.39, 0.29) is 5.91 Å². The second kappa shape index (κ2) is 5.34. The zero-order valence-corrected chi connectivity index (χ0v) is 11.4. The van der Waals surface area contributed by atoms with Crippen LogP contribution in [-0.4, -0.2) is 28.9 Å². The summed E-state index contributed by atoms with van der Waals surface area (Å²) >= 11 is 0. The zero-order valence-electron chi connectivity index (χ0n) is 11.4. The second-order valence-electron chi connectivity index (χ2n) is 5.17. The molecule has 0 fully saturated rings. The molecule has 0 atom stereocenters. The third-order valence-electron chi connectivity index (χ3n) is 3.55. The molecular formula is C15H20N2O. The van der Waals surface area contributed by atoms with Gasteiger partial charge < -0.3 is 4.90 Å². The van der Waals surface area contributed by atoms with E-state index in [0.29, 0.717) is 6.42 Å². The average molecular weight is 244 g/mol. The molecule has 18 heavy (non-hydrogen) atoms. The average Bonchev–Trinajstić information content (AvgIpc) is 2.32. The lowest BCUT2D eigenvalue weighted by molar-refractivity contribution is -0.130. The Hall–Kier alpha value is -1.64. The SMILES string of the molecule is CC1=C(C)CN(C(=O)Cc2cncc(C)c2)CC1. The van der Waals surface area contributed by atoms with E-state index in [1.54, 1.807) is 6.20 Å². The van der Waals surface area contributed by atoms with E-state index in [9.17, 15) is 4.79 Å². The largest absolute Gasteiger partial charge is 0.338 e. The highest BCUT2D eigenvalue weighted by Gasteiger charge is 2.19. The van der Waals surface area contributed by atoms with Gasteiger partial charge in [-0.1, -0.05) is 17.2 Å². The van der Waals surface area contributed by atoms with Crippen LogP contribution in [0.4, 0.5) is 0 Å². The molecule has 2 rings (SSSR count). The molecule has 96 valence electrons. The molecule has 1 aliphatic rings. The van der Waals surface area contributed by atoms with Gasteiger partial charge in [-0.2, -0.15) is 0 Å². The number of aryl methyl sites for hydroxylation is 1. The number of carbonyl (C=O) groups is 1. The van der Waals surface area contributed by atoms with E-state index in [0.717, 1.165) is 30.6 Å². The van der Waals surface area contributed by atoms with E-state index in [4.69, 9.17) is 0 Å². The number of pyridine rings is 1. The van der Waals surface area contributed by atoms with Crippen LogP contribution in [0.1, 0.15) is 31.4 Å². The first-order valence-corrected chi connectivity index (χ1v) is 6.40. The van der Waals surface area contributed by atoms with E-state index >= 15 is 0 Å². The summed E-state index contributed by atoms with van der Waals surface area (Å²) in [4.78, 5) is 18.3. The standard InChI is InChI=1S/C15H20N2O/c1-11-6-14(9-16-8-11)7-15(18)17-5-4-12(2)13(3)10-17/h6,8-9H,4-5,7,10H2,1-3H3. The number of rotatable bonds is 2. The Morgan fingerprint density at radius 1 is 1.28 bits per heavy atom. The van der Waals surface area contributed by atoms with Gasteiger partial charge in [0.15, 0.2) is 0 Å². The van der Waals surface area contributed by atoms with Crippen molar-refractivity contribution < 1.29 is 4.79 Å². The number of carbonyl (C=O) groups excluding carboxylic acids is 1. The molecule has 1 amide bonds. The zero-order chi connectivity index (χ0) is 13.1. The number of nitrogens with zero attached hydrogens (tertiary/aromatic N) is 2. The third kappa shape index (κ3) is 2.97. The Balaban J connectivity index is 2.01. The molecule has 0 spiro atoms. The third-order valence-corrected chi connectivity index (χ3v) is 3.55. The lowest BCUT2D eigenvalue weighted by Gasteiger charge is -2.28. The van der Waals surface area contributed by atoms with Crippen LogP contribution in [0.3, 0.4) is 0 Å². The number of aromatic nitrogens is 1. The highest BCUT2D eigenvalue weighted by molar-refractivity contribution is 5.79. The van der Waals surface area contributed by atoms with Gasteiger partial charge in [0.1, 0.15) is 0 Å². The van der Waals surface area contributed by atoms with Crippen LogP contribution in [-0.2, 0) is 11.2 Å². The van der Waals surface area contributed by atoms with Gasteiger partial charge in [0.25, 0.3) is 0 Å². The van der Waals surface area contributed by atoms with Crippen molar-refractivity contribution in [3.05, 3.63) is 40.7 Å². The Labute approximate surface area is 109 Å². The topological polar surface area (TPSA) is 33.2 Å². The summed E-state index contributed by atoms with van der Waals surface area (Å²) in [6, 6.07) is 2.03. The Morgan fingerprint density at radius 3 is 2.72 bits per heavy atom. The summed E-state index contributed by atoms with van der Waals surface area (Å²) in [7, 11) is 0. The van der Waals surface area contributed by atoms with Gasteiger partial charge in [-0.15, -0.1) is 0 Å². The quantitative estimate of drug-likeness (QED) is 0.749. The predicted octanol–water partition coefficient (Wildman–Crippen LogP) is 2.50. The lowest BCUT2D eigenvalue weighted by atomic mass is 10.0. The van der Waals surface area contributed by atoms with Crippen molar-refractivity contribution >= 4 is 5.91 Å². The van der Waals surface area contributed by atoms with Crippen molar-refractivity contribution in [3.8, 4) is 0 Å². The highest BCUT2D eigenvalue weighted by Crippen LogP contribution is 2.17. The molecule has 1 aromatic rings. The summed E-state index contributed by atoms with van der Waals surface area (Å²) in [5.41, 5.74) is 4.86. The highest BCUT2D eigenvalue weighted by atomic mass is 16.2. The first kappa shape index (κ1) is 12.8. The maximum Gasteiger partial charge on any atom is 0.227 e. The molecule has 1 aromatic heterocycles. The number of hydrogen-bond acceptors (Lipinski definition) is 2. The minimum Gasteiger partial charge on any atom is -0.338 e. The molecule has 1 aliphatic heterocycles. The molecule has 3 heteroatoms. The second-order valence-corrected chi connectivity index (χ2v) is 5.17. The van der Waals surface area contributed by atoms with Crippen molar-refractivity contribution in [1.82, 2.24) is 9.88 Å². The first-order valence-electron chi connectivity index (χ1n) is 6.40. The number of hydrogen-bond donors (Lipinski definition) is 0. The maximum atomic E-state index is 12.2. The molecule has 3 nitrogen and oxygen atoms in total. The van der Waals surface area contributed by atoms with Gasteiger partial charge in [-0.3, -0.25) is 9.78 Å². The fourth-order valence-corrected chi connectivity index (χ4v) is 2.23. The van der Waals surface area contributed by atoms with Crippen LogP contribution in [0.25, 0.3) is 0 Å². The van der Waals surface area contributed by atoms with Crippen LogP contribution < -0.4 is 0 Å². The minimum atomic E-state index is 0.203. The molecule has 0 N–H and O–H groups in total. The monoisotopic (exact) mass is 244 g/mol. The van der Waals surface area contributed by atoms with Crippen molar-refractivity contribution in [2.24, 2.45) is 0 Å². The van der Waals surface area contributed by atoms with Gasteiger partial charge in [0.05, 0.1) is 6.42 Å². The maximum absolute atomic E-state index is 12.2. The Morgan fingerprint density at radius 2 is 2.06 bits per heavy atom. The summed E-state index contributed by atoms with van der Waals surface area (Å²) in [6.45, 7) is 7.90. The minimum absolute atomic E-state index is 0.203. The predicted molar refractivity (Wildman–Crippen MR) is 72.2 cm³/mol. The van der Waals surface area contributed by atoms with Crippen LogP contribution in [0.5, 0.6) is 0 Å². The van der Waals surface area contributed by atoms with Crippen molar-refractivity contribution in [3.63, 3.8) is 0 Å². The number of amides is 1. The van der Waals surface area contributed by atoms with Crippen LogP contribution in [0.2, 0.25) is 0 Å². The molecule has 0 unspecified atom stereocenters. The fraction of sp³-hybridized carbons (Fsp3) is 0.467. The van der Waals surface area contributed by atoms with E-state index in [2.05, 4.69) is 18.8 Å². The fourth-order valence-electron chi connectivity index (χ4n) is 2.23. The summed E-state index contributed by atoms with van der Waals surface area (Å²) < 4.78 is 0. The van der Waals surface area contributed by atoms with Gasteiger partial charge in [0, 0.05) is 25.5 Å². The van der Waals surface area contributed by atoms with E-state index in [1.165, 1.54) is 11.1 Å². The molecule has 0 radical (unpaired) electrons. The summed E-state index contributed by atoms with van der Waals surface area (Å²) in [5, 5.41) is 0. The van der Waals surface area contributed by atoms with Gasteiger partial charge in [0.2, 0.25) is 5.91 Å². The van der Waals surface area contributed by atoms with Gasteiger partial charge >= 0.3 is 0 Å². The molecule has 2 heterocycles. The lowest BCUT2D eigenvalue weighted by Crippen LogP contribution is -2.37. The van der Waals surface area contributed by atoms with Crippen molar-refractivity contribution in [2.75, 3.05) is 13.1 Å². The molecule has 0 saturated carbocycles. The summed E-state index contributed by atoms with van der Waals surface area (Å²) in [6.07, 6.45) is 5.05. The van der Waals surface area contributed by atoms with Crippen molar-refractivity contribution in [1.29, 1.82) is 0 Å². The van der Waals surface area contributed by atoms with Gasteiger partial charge in [-0.05, 0) is 38.3 Å². The molecule has 0 bridgehead atoms. The van der Waals surface area contributed by atoms with Crippen LogP contribution >= 0.6 is 0 Å². The first-order chi connectivity index (χ1) is 8.56. The molecule has 0 aromatic carbocycles. The normalized spacial score (nSPS) is 16.1. The van der Waals surface area contributed by atoms with E-state index in [1.807, 2.05) is 24.1 Å². The Bertz CT molecular complexity index is 491. The van der Waals surface area contributed by atoms with Crippen molar-refractivity contribution in [2.45, 2.75) is 33.6 Å². The van der Waals surface area contributed by atoms with Gasteiger partial charge in [-0.25, -0.2) is 0 Å². The summed E-state index contributed by atoms with van der Waals surface area (Å²) in [5.74, 6) is 0.203.